The van der Waals surface area contributed by atoms with Crippen molar-refractivity contribution in [1.82, 2.24) is 24.6 Å². The number of nitrogens with two attached hydrogens (primary N) is 1. The molecule has 1 saturated heterocycles. The Kier molecular flexibility index (Phi) is 4.45. The largest absolute Gasteiger partial charge is 0.436 e. The van der Waals surface area contributed by atoms with Crippen molar-refractivity contribution < 1.29 is 4.42 Å². The molecule has 150 valence electrons. The Morgan fingerprint density at radius 2 is 2.00 bits per heavy atom. The van der Waals surface area contributed by atoms with Crippen molar-refractivity contribution in [2.24, 2.45) is 0 Å². The van der Waals surface area contributed by atoms with Crippen LogP contribution in [-0.4, -0.2) is 44.8 Å². The van der Waals surface area contributed by atoms with Crippen LogP contribution in [0.1, 0.15) is 24.6 Å². The molecule has 0 radical (unpaired) electrons. The number of likely N-dealkylation sites (tertiary alicyclic amines) is 1. The number of rotatable bonds is 3. The SMILES string of the molecule is CN1CCC(n2cc(-c3cnc(N)c(-c4nc5ccccc5o4)c3)c(C#N)n2)CC1. The summed E-state index contributed by atoms with van der Waals surface area (Å²) >= 11 is 0. The lowest BCUT2D eigenvalue weighted by molar-refractivity contribution is 0.212. The molecule has 0 unspecified atom stereocenters. The first-order valence-corrected chi connectivity index (χ1v) is 9.92. The molecule has 0 bridgehead atoms. The average Bonchev–Trinajstić information content (AvgIpc) is 3.39. The van der Waals surface area contributed by atoms with Crippen LogP contribution < -0.4 is 5.73 Å². The Morgan fingerprint density at radius 3 is 2.77 bits per heavy atom. The van der Waals surface area contributed by atoms with Gasteiger partial charge in [-0.25, -0.2) is 9.97 Å². The molecule has 0 saturated carbocycles. The van der Waals surface area contributed by atoms with E-state index in [1.165, 1.54) is 0 Å². The van der Waals surface area contributed by atoms with Crippen molar-refractivity contribution in [2.75, 3.05) is 25.9 Å². The van der Waals surface area contributed by atoms with Crippen LogP contribution in [0.3, 0.4) is 0 Å². The molecule has 8 nitrogen and oxygen atoms in total. The first-order valence-electron chi connectivity index (χ1n) is 9.92. The molecule has 4 aromatic rings. The molecule has 1 aliphatic heterocycles. The van der Waals surface area contributed by atoms with Crippen molar-refractivity contribution in [3.05, 3.63) is 48.4 Å². The Labute approximate surface area is 173 Å². The van der Waals surface area contributed by atoms with Gasteiger partial charge in [0.2, 0.25) is 5.89 Å². The van der Waals surface area contributed by atoms with Crippen LogP contribution in [0.4, 0.5) is 5.82 Å². The van der Waals surface area contributed by atoms with E-state index in [1.807, 2.05) is 41.2 Å². The summed E-state index contributed by atoms with van der Waals surface area (Å²) in [5.41, 5.74) is 10.0. The number of pyridine rings is 1. The maximum atomic E-state index is 9.66. The second-order valence-electron chi connectivity index (χ2n) is 7.66. The van der Waals surface area contributed by atoms with Crippen LogP contribution in [-0.2, 0) is 0 Å². The summed E-state index contributed by atoms with van der Waals surface area (Å²) in [6.07, 6.45) is 5.63. The molecule has 0 atom stereocenters. The number of benzene rings is 1. The van der Waals surface area contributed by atoms with Gasteiger partial charge in [0.05, 0.1) is 11.6 Å². The summed E-state index contributed by atoms with van der Waals surface area (Å²) < 4.78 is 7.80. The molecule has 8 heteroatoms. The number of anilines is 1. The van der Waals surface area contributed by atoms with E-state index in [4.69, 9.17) is 10.2 Å². The minimum Gasteiger partial charge on any atom is -0.436 e. The molecule has 1 aliphatic rings. The zero-order valence-corrected chi connectivity index (χ0v) is 16.6. The molecule has 2 N–H and O–H groups in total. The molecule has 1 aromatic carbocycles. The van der Waals surface area contributed by atoms with Gasteiger partial charge < -0.3 is 15.1 Å². The third-order valence-electron chi connectivity index (χ3n) is 5.65. The molecule has 4 heterocycles. The van der Waals surface area contributed by atoms with Crippen LogP contribution in [0.15, 0.2) is 47.1 Å². The number of hydrogen-bond donors (Lipinski definition) is 1. The third kappa shape index (κ3) is 3.19. The number of para-hydroxylation sites is 2. The molecule has 0 amide bonds. The lowest BCUT2D eigenvalue weighted by Gasteiger charge is -2.28. The van der Waals surface area contributed by atoms with E-state index in [1.54, 1.807) is 6.20 Å². The number of fused-ring (bicyclic) bond motifs is 1. The van der Waals surface area contributed by atoms with E-state index in [2.05, 4.69) is 33.1 Å². The Balaban J connectivity index is 1.55. The van der Waals surface area contributed by atoms with Gasteiger partial charge in [-0.1, -0.05) is 12.1 Å². The summed E-state index contributed by atoms with van der Waals surface area (Å²) in [7, 11) is 2.12. The number of nitrogens with zero attached hydrogens (tertiary/aromatic N) is 6. The van der Waals surface area contributed by atoms with Crippen molar-refractivity contribution in [3.63, 3.8) is 0 Å². The number of piperidine rings is 1. The van der Waals surface area contributed by atoms with Gasteiger partial charge in [-0.05, 0) is 51.2 Å². The zero-order chi connectivity index (χ0) is 20.7. The molecule has 3 aromatic heterocycles. The number of oxazole rings is 1. The van der Waals surface area contributed by atoms with Gasteiger partial charge in [-0.15, -0.1) is 0 Å². The monoisotopic (exact) mass is 399 g/mol. The highest BCUT2D eigenvalue weighted by Crippen LogP contribution is 2.33. The number of hydrogen-bond acceptors (Lipinski definition) is 7. The van der Waals surface area contributed by atoms with Crippen molar-refractivity contribution in [2.45, 2.75) is 18.9 Å². The van der Waals surface area contributed by atoms with Crippen LogP contribution in [0.25, 0.3) is 33.7 Å². The summed E-state index contributed by atoms with van der Waals surface area (Å²) in [6.45, 7) is 2.04. The summed E-state index contributed by atoms with van der Waals surface area (Å²) in [5.74, 6) is 0.732. The number of aromatic nitrogens is 4. The number of nitrogen functional groups attached to an aromatic ring is 1. The van der Waals surface area contributed by atoms with Gasteiger partial charge in [-0.3, -0.25) is 4.68 Å². The van der Waals surface area contributed by atoms with E-state index in [9.17, 15) is 5.26 Å². The molecule has 0 spiro atoms. The first-order chi connectivity index (χ1) is 14.6. The fourth-order valence-corrected chi connectivity index (χ4v) is 3.91. The Hall–Kier alpha value is -3.70. The zero-order valence-electron chi connectivity index (χ0n) is 16.6. The van der Waals surface area contributed by atoms with Crippen molar-refractivity contribution in [1.29, 1.82) is 5.26 Å². The van der Waals surface area contributed by atoms with Gasteiger partial charge in [0.25, 0.3) is 0 Å². The predicted octanol–water partition coefficient (Wildman–Crippen LogP) is 3.47. The molecule has 0 aliphatic carbocycles. The maximum absolute atomic E-state index is 9.66. The second kappa shape index (κ2) is 7.28. The van der Waals surface area contributed by atoms with Crippen LogP contribution in [0, 0.1) is 11.3 Å². The minimum atomic E-state index is 0.292. The Morgan fingerprint density at radius 1 is 1.20 bits per heavy atom. The van der Waals surface area contributed by atoms with Crippen LogP contribution in [0.5, 0.6) is 0 Å². The molecular weight excluding hydrogens is 378 g/mol. The van der Waals surface area contributed by atoms with Crippen LogP contribution >= 0.6 is 0 Å². The van der Waals surface area contributed by atoms with Crippen molar-refractivity contribution >= 4 is 16.9 Å². The van der Waals surface area contributed by atoms with Crippen molar-refractivity contribution in [3.8, 4) is 28.7 Å². The van der Waals surface area contributed by atoms with Gasteiger partial charge in [-0.2, -0.15) is 10.4 Å². The van der Waals surface area contributed by atoms with Gasteiger partial charge >= 0.3 is 0 Å². The topological polar surface area (TPSA) is 110 Å². The van der Waals surface area contributed by atoms with E-state index in [0.717, 1.165) is 42.6 Å². The third-order valence-corrected chi connectivity index (χ3v) is 5.65. The lowest BCUT2D eigenvalue weighted by atomic mass is 10.0. The summed E-state index contributed by atoms with van der Waals surface area (Å²) in [5, 5.41) is 14.2. The summed E-state index contributed by atoms with van der Waals surface area (Å²) in [4.78, 5) is 11.2. The van der Waals surface area contributed by atoms with Gasteiger partial charge in [0.1, 0.15) is 17.4 Å². The summed E-state index contributed by atoms with van der Waals surface area (Å²) in [6, 6.07) is 11.9. The van der Waals surface area contributed by atoms with E-state index >= 15 is 0 Å². The standard InChI is InChI=1S/C22H21N7O/c1-28-8-6-15(7-9-28)29-13-17(19(11-23)27-29)14-10-16(21(24)25-12-14)22-26-18-4-2-3-5-20(18)30-22/h2-5,10,12-13,15H,6-9H2,1H3,(H2,24,25). The Bertz CT molecular complexity index is 1230. The number of nitriles is 1. The highest BCUT2D eigenvalue weighted by atomic mass is 16.3. The molecule has 5 rings (SSSR count). The predicted molar refractivity (Wildman–Crippen MR) is 113 cm³/mol. The van der Waals surface area contributed by atoms with E-state index in [-0.39, 0.29) is 0 Å². The first kappa shape index (κ1) is 18.3. The molecule has 30 heavy (non-hydrogen) atoms. The van der Waals surface area contributed by atoms with Crippen LogP contribution in [0.2, 0.25) is 0 Å². The second-order valence-corrected chi connectivity index (χ2v) is 7.66. The molecular formula is C22H21N7O. The maximum Gasteiger partial charge on any atom is 0.231 e. The lowest BCUT2D eigenvalue weighted by Crippen LogP contribution is -2.31. The minimum absolute atomic E-state index is 0.292. The normalized spacial score (nSPS) is 15.5. The van der Waals surface area contributed by atoms with Gasteiger partial charge in [0, 0.05) is 23.5 Å². The average molecular weight is 399 g/mol. The quantitative estimate of drug-likeness (QED) is 0.561. The van der Waals surface area contributed by atoms with E-state index < -0.39 is 0 Å². The fourth-order valence-electron chi connectivity index (χ4n) is 3.91. The van der Waals surface area contributed by atoms with E-state index in [0.29, 0.717) is 34.6 Å². The molecule has 1 fully saturated rings. The van der Waals surface area contributed by atoms with Gasteiger partial charge in [0.15, 0.2) is 11.3 Å². The fraction of sp³-hybridized carbons (Fsp3) is 0.273. The highest BCUT2D eigenvalue weighted by molar-refractivity contribution is 5.81. The highest BCUT2D eigenvalue weighted by Gasteiger charge is 2.22. The smallest absolute Gasteiger partial charge is 0.231 e.